The molecule has 0 spiro atoms. The van der Waals surface area contributed by atoms with Crippen LogP contribution in [-0.4, -0.2) is 24.9 Å². The van der Waals surface area contributed by atoms with Crippen molar-refractivity contribution in [1.82, 2.24) is 4.98 Å². The van der Waals surface area contributed by atoms with Crippen molar-refractivity contribution in [3.8, 4) is 0 Å². The SMILES string of the molecule is Cc1cc(C=O)cnc1N(C)CCC(C)C. The number of hydrogen-bond acceptors (Lipinski definition) is 3. The van der Waals surface area contributed by atoms with Crippen molar-refractivity contribution in [2.45, 2.75) is 27.2 Å². The molecule has 0 aliphatic rings. The maximum absolute atomic E-state index is 10.6. The molecular formula is C13H20N2O. The zero-order chi connectivity index (χ0) is 12.1. The summed E-state index contributed by atoms with van der Waals surface area (Å²) in [5.41, 5.74) is 1.69. The van der Waals surface area contributed by atoms with Crippen LogP contribution in [0.1, 0.15) is 36.2 Å². The molecule has 0 aliphatic carbocycles. The van der Waals surface area contributed by atoms with Crippen LogP contribution in [0.25, 0.3) is 0 Å². The lowest BCUT2D eigenvalue weighted by Crippen LogP contribution is -2.22. The van der Waals surface area contributed by atoms with Gasteiger partial charge in [0.25, 0.3) is 0 Å². The van der Waals surface area contributed by atoms with Gasteiger partial charge in [-0.1, -0.05) is 13.8 Å². The summed E-state index contributed by atoms with van der Waals surface area (Å²) in [6.07, 6.45) is 3.60. The van der Waals surface area contributed by atoms with Crippen molar-refractivity contribution >= 4 is 12.1 Å². The molecule has 1 aromatic rings. The molecule has 0 bridgehead atoms. The molecule has 16 heavy (non-hydrogen) atoms. The molecule has 1 aromatic heterocycles. The van der Waals surface area contributed by atoms with Crippen molar-refractivity contribution in [2.24, 2.45) is 5.92 Å². The van der Waals surface area contributed by atoms with E-state index < -0.39 is 0 Å². The van der Waals surface area contributed by atoms with Gasteiger partial charge in [-0.15, -0.1) is 0 Å². The number of aldehydes is 1. The second-order valence-electron chi connectivity index (χ2n) is 4.63. The third-order valence-electron chi connectivity index (χ3n) is 2.61. The lowest BCUT2D eigenvalue weighted by molar-refractivity contribution is 0.112. The fraction of sp³-hybridized carbons (Fsp3) is 0.538. The fourth-order valence-electron chi connectivity index (χ4n) is 1.61. The van der Waals surface area contributed by atoms with Crippen LogP contribution < -0.4 is 4.90 Å². The van der Waals surface area contributed by atoms with Crippen LogP contribution in [-0.2, 0) is 0 Å². The van der Waals surface area contributed by atoms with Gasteiger partial charge in [-0.25, -0.2) is 4.98 Å². The van der Waals surface area contributed by atoms with E-state index >= 15 is 0 Å². The van der Waals surface area contributed by atoms with Gasteiger partial charge in [0.15, 0.2) is 6.29 Å². The number of anilines is 1. The molecule has 0 radical (unpaired) electrons. The highest BCUT2D eigenvalue weighted by molar-refractivity contribution is 5.75. The number of carbonyl (C=O) groups is 1. The predicted molar refractivity (Wildman–Crippen MR) is 67.1 cm³/mol. The molecule has 0 aliphatic heterocycles. The predicted octanol–water partition coefficient (Wildman–Crippen LogP) is 2.68. The molecule has 88 valence electrons. The van der Waals surface area contributed by atoms with Crippen molar-refractivity contribution < 1.29 is 4.79 Å². The molecule has 1 rings (SSSR count). The summed E-state index contributed by atoms with van der Waals surface area (Å²) in [4.78, 5) is 17.1. The maximum atomic E-state index is 10.6. The highest BCUT2D eigenvalue weighted by atomic mass is 16.1. The van der Waals surface area contributed by atoms with Gasteiger partial charge in [-0.2, -0.15) is 0 Å². The lowest BCUT2D eigenvalue weighted by Gasteiger charge is -2.21. The molecule has 0 fully saturated rings. The lowest BCUT2D eigenvalue weighted by atomic mass is 10.1. The van der Waals surface area contributed by atoms with Gasteiger partial charge in [0.1, 0.15) is 5.82 Å². The summed E-state index contributed by atoms with van der Waals surface area (Å²) in [7, 11) is 2.04. The smallest absolute Gasteiger partial charge is 0.151 e. The second-order valence-corrected chi connectivity index (χ2v) is 4.63. The number of nitrogens with zero attached hydrogens (tertiary/aromatic N) is 2. The molecule has 0 saturated heterocycles. The summed E-state index contributed by atoms with van der Waals surface area (Å²) in [5, 5.41) is 0. The summed E-state index contributed by atoms with van der Waals surface area (Å²) >= 11 is 0. The van der Waals surface area contributed by atoms with E-state index in [0.717, 1.165) is 30.6 Å². The highest BCUT2D eigenvalue weighted by Crippen LogP contribution is 2.16. The van der Waals surface area contributed by atoms with E-state index in [-0.39, 0.29) is 0 Å². The van der Waals surface area contributed by atoms with E-state index in [4.69, 9.17) is 0 Å². The van der Waals surface area contributed by atoms with E-state index in [9.17, 15) is 4.79 Å². The molecule has 0 atom stereocenters. The molecule has 0 N–H and O–H groups in total. The monoisotopic (exact) mass is 220 g/mol. The van der Waals surface area contributed by atoms with Crippen LogP contribution in [0, 0.1) is 12.8 Å². The van der Waals surface area contributed by atoms with Crippen LogP contribution in [0.2, 0.25) is 0 Å². The van der Waals surface area contributed by atoms with Gasteiger partial charge >= 0.3 is 0 Å². The number of hydrogen-bond donors (Lipinski definition) is 0. The average Bonchev–Trinajstić information content (AvgIpc) is 2.25. The zero-order valence-corrected chi connectivity index (χ0v) is 10.5. The molecule has 0 aromatic carbocycles. The van der Waals surface area contributed by atoms with Crippen molar-refractivity contribution in [3.05, 3.63) is 23.4 Å². The van der Waals surface area contributed by atoms with E-state index in [1.165, 1.54) is 0 Å². The fourth-order valence-corrected chi connectivity index (χ4v) is 1.61. The topological polar surface area (TPSA) is 33.2 Å². The Bertz CT molecular complexity index is 361. The number of aryl methyl sites for hydroxylation is 1. The van der Waals surface area contributed by atoms with Crippen LogP contribution in [0.5, 0.6) is 0 Å². The Hall–Kier alpha value is -1.38. The largest absolute Gasteiger partial charge is 0.359 e. The van der Waals surface area contributed by atoms with Gasteiger partial charge < -0.3 is 4.90 Å². The van der Waals surface area contributed by atoms with Crippen molar-refractivity contribution in [3.63, 3.8) is 0 Å². The minimum absolute atomic E-state index is 0.638. The second kappa shape index (κ2) is 5.64. The molecule has 3 nitrogen and oxygen atoms in total. The van der Waals surface area contributed by atoms with Crippen molar-refractivity contribution in [1.29, 1.82) is 0 Å². The molecule has 0 amide bonds. The molecule has 0 saturated carbocycles. The van der Waals surface area contributed by atoms with Crippen LogP contribution in [0.4, 0.5) is 5.82 Å². The van der Waals surface area contributed by atoms with Crippen LogP contribution >= 0.6 is 0 Å². The molecule has 3 heteroatoms. The molecular weight excluding hydrogens is 200 g/mol. The van der Waals surface area contributed by atoms with Gasteiger partial charge in [-0.05, 0) is 30.9 Å². The summed E-state index contributed by atoms with van der Waals surface area (Å²) < 4.78 is 0. The van der Waals surface area contributed by atoms with Crippen molar-refractivity contribution in [2.75, 3.05) is 18.5 Å². The Morgan fingerprint density at radius 2 is 2.19 bits per heavy atom. The van der Waals surface area contributed by atoms with Gasteiger partial charge in [-0.3, -0.25) is 4.79 Å². The Kier molecular flexibility index (Phi) is 4.47. The first-order valence-electron chi connectivity index (χ1n) is 5.67. The van der Waals surface area contributed by atoms with E-state index in [1.807, 2.05) is 20.0 Å². The Balaban J connectivity index is 2.75. The Morgan fingerprint density at radius 3 is 2.69 bits per heavy atom. The van der Waals surface area contributed by atoms with Crippen LogP contribution in [0.3, 0.4) is 0 Å². The Labute approximate surface area is 97.5 Å². The minimum Gasteiger partial charge on any atom is -0.359 e. The minimum atomic E-state index is 0.638. The number of carbonyl (C=O) groups excluding carboxylic acids is 1. The summed E-state index contributed by atoms with van der Waals surface area (Å²) in [6, 6.07) is 1.88. The first-order valence-corrected chi connectivity index (χ1v) is 5.67. The molecule has 0 unspecified atom stereocenters. The standard InChI is InChI=1S/C13H20N2O/c1-10(2)5-6-15(4)13-11(3)7-12(9-16)8-14-13/h7-10H,5-6H2,1-4H3. The molecule has 1 heterocycles. The summed E-state index contributed by atoms with van der Waals surface area (Å²) in [6.45, 7) is 7.40. The number of pyridine rings is 1. The van der Waals surface area contributed by atoms with Gasteiger partial charge in [0.2, 0.25) is 0 Å². The quantitative estimate of drug-likeness (QED) is 0.715. The third-order valence-corrected chi connectivity index (χ3v) is 2.61. The van der Waals surface area contributed by atoms with E-state index in [1.54, 1.807) is 6.20 Å². The summed E-state index contributed by atoms with van der Waals surface area (Å²) in [5.74, 6) is 1.66. The number of aromatic nitrogens is 1. The van der Waals surface area contributed by atoms with Gasteiger partial charge in [0.05, 0.1) is 0 Å². The third kappa shape index (κ3) is 3.33. The average molecular weight is 220 g/mol. The first-order chi connectivity index (χ1) is 7.54. The number of rotatable bonds is 5. The zero-order valence-electron chi connectivity index (χ0n) is 10.5. The normalized spacial score (nSPS) is 10.6. The maximum Gasteiger partial charge on any atom is 0.151 e. The first kappa shape index (κ1) is 12.7. The van der Waals surface area contributed by atoms with E-state index in [0.29, 0.717) is 11.5 Å². The van der Waals surface area contributed by atoms with E-state index in [2.05, 4.69) is 23.7 Å². The highest BCUT2D eigenvalue weighted by Gasteiger charge is 2.07. The Morgan fingerprint density at radius 1 is 1.50 bits per heavy atom. The van der Waals surface area contributed by atoms with Gasteiger partial charge in [0, 0.05) is 25.4 Å². The van der Waals surface area contributed by atoms with Crippen LogP contribution in [0.15, 0.2) is 12.3 Å².